The molecule has 0 spiro atoms. The van der Waals surface area contributed by atoms with Gasteiger partial charge in [0.25, 0.3) is 0 Å². The fourth-order valence-corrected chi connectivity index (χ4v) is 3.22. The van der Waals surface area contributed by atoms with Crippen LogP contribution < -0.4 is 4.74 Å². The van der Waals surface area contributed by atoms with Crippen molar-refractivity contribution in [1.82, 2.24) is 4.98 Å². The first-order chi connectivity index (χ1) is 9.45. The number of nitrogens with zero attached hydrogens (tertiary/aromatic N) is 1. The molecule has 0 fully saturated rings. The zero-order valence-corrected chi connectivity index (χ0v) is 13.3. The second kappa shape index (κ2) is 5.94. The lowest BCUT2D eigenvalue weighted by Gasteiger charge is -2.16. The van der Waals surface area contributed by atoms with E-state index in [2.05, 4.69) is 6.92 Å². The van der Waals surface area contributed by atoms with Crippen LogP contribution in [0.1, 0.15) is 37.8 Å². The summed E-state index contributed by atoms with van der Waals surface area (Å²) >= 11 is 1.56. The molecule has 1 N–H and O–H groups in total. The summed E-state index contributed by atoms with van der Waals surface area (Å²) in [4.78, 5) is 5.67. The van der Waals surface area contributed by atoms with Gasteiger partial charge in [0, 0.05) is 5.56 Å². The predicted molar refractivity (Wildman–Crippen MR) is 83.3 cm³/mol. The molecule has 0 saturated carbocycles. The van der Waals surface area contributed by atoms with Crippen LogP contribution in [0.15, 0.2) is 24.3 Å². The van der Waals surface area contributed by atoms with Gasteiger partial charge in [0.15, 0.2) is 0 Å². The van der Waals surface area contributed by atoms with Crippen LogP contribution in [0, 0.1) is 0 Å². The fraction of sp³-hybridized carbons (Fsp3) is 0.438. The molecule has 0 bridgehead atoms. The molecule has 3 nitrogen and oxygen atoms in total. The van der Waals surface area contributed by atoms with Crippen LogP contribution in [0.25, 0.3) is 10.6 Å². The fourth-order valence-electron chi connectivity index (χ4n) is 2.12. The maximum absolute atomic E-state index is 10.3. The minimum Gasteiger partial charge on any atom is -0.497 e. The first-order valence-corrected chi connectivity index (χ1v) is 7.64. The van der Waals surface area contributed by atoms with Gasteiger partial charge < -0.3 is 9.84 Å². The number of aryl methyl sites for hydroxylation is 1. The SMILES string of the molecule is CCCc1nc(-c2cccc(OC)c2)sc1C(C)(C)O. The first-order valence-electron chi connectivity index (χ1n) is 6.82. The summed E-state index contributed by atoms with van der Waals surface area (Å²) in [5.74, 6) is 0.819. The highest BCUT2D eigenvalue weighted by Gasteiger charge is 2.24. The molecule has 0 radical (unpaired) electrons. The number of methoxy groups -OCH3 is 1. The topological polar surface area (TPSA) is 42.4 Å². The van der Waals surface area contributed by atoms with Crippen LogP contribution in [0.5, 0.6) is 5.75 Å². The Balaban J connectivity index is 2.47. The van der Waals surface area contributed by atoms with Crippen molar-refractivity contribution in [3.8, 4) is 16.3 Å². The van der Waals surface area contributed by atoms with Gasteiger partial charge in [0.05, 0.1) is 23.3 Å². The standard InChI is InChI=1S/C16H21NO2S/c1-5-7-13-14(16(2,3)18)20-15(17-13)11-8-6-9-12(10-11)19-4/h6,8-10,18H,5,7H2,1-4H3. The van der Waals surface area contributed by atoms with E-state index in [0.29, 0.717) is 0 Å². The molecule has 1 aromatic heterocycles. The zero-order chi connectivity index (χ0) is 14.8. The number of hydrogen-bond acceptors (Lipinski definition) is 4. The van der Waals surface area contributed by atoms with Crippen molar-refractivity contribution in [2.75, 3.05) is 7.11 Å². The van der Waals surface area contributed by atoms with Gasteiger partial charge in [-0.1, -0.05) is 25.5 Å². The van der Waals surface area contributed by atoms with Crippen molar-refractivity contribution in [2.24, 2.45) is 0 Å². The normalized spacial score (nSPS) is 11.7. The highest BCUT2D eigenvalue weighted by molar-refractivity contribution is 7.15. The average molecular weight is 291 g/mol. The molecule has 4 heteroatoms. The Hall–Kier alpha value is -1.39. The summed E-state index contributed by atoms with van der Waals surface area (Å²) in [6, 6.07) is 7.87. The van der Waals surface area contributed by atoms with Gasteiger partial charge in [-0.25, -0.2) is 4.98 Å². The van der Waals surface area contributed by atoms with Gasteiger partial charge in [0.1, 0.15) is 10.8 Å². The van der Waals surface area contributed by atoms with E-state index in [9.17, 15) is 5.11 Å². The minimum atomic E-state index is -0.848. The molecule has 2 aromatic rings. The predicted octanol–water partition coefficient (Wildman–Crippen LogP) is 4.00. The molecule has 108 valence electrons. The van der Waals surface area contributed by atoms with Crippen molar-refractivity contribution in [3.05, 3.63) is 34.8 Å². The highest BCUT2D eigenvalue weighted by atomic mass is 32.1. The molecule has 0 unspecified atom stereocenters. The third-order valence-electron chi connectivity index (χ3n) is 3.06. The lowest BCUT2D eigenvalue weighted by atomic mass is 10.0. The highest BCUT2D eigenvalue weighted by Crippen LogP contribution is 2.36. The Bertz CT molecular complexity index is 584. The van der Waals surface area contributed by atoms with E-state index in [1.807, 2.05) is 38.1 Å². The summed E-state index contributed by atoms with van der Waals surface area (Å²) in [5.41, 5.74) is 1.18. The lowest BCUT2D eigenvalue weighted by Crippen LogP contribution is -2.15. The maximum Gasteiger partial charge on any atom is 0.124 e. The first kappa shape index (κ1) is 15.0. The molecule has 0 amide bonds. The van der Waals surface area contributed by atoms with Crippen LogP contribution in [-0.4, -0.2) is 17.2 Å². The summed E-state index contributed by atoms with van der Waals surface area (Å²) in [5, 5.41) is 11.2. The van der Waals surface area contributed by atoms with Gasteiger partial charge in [0.2, 0.25) is 0 Å². The van der Waals surface area contributed by atoms with Crippen LogP contribution in [-0.2, 0) is 12.0 Å². The van der Waals surface area contributed by atoms with Crippen molar-refractivity contribution in [1.29, 1.82) is 0 Å². The van der Waals surface area contributed by atoms with Crippen LogP contribution in [0.3, 0.4) is 0 Å². The Kier molecular flexibility index (Phi) is 4.45. The van der Waals surface area contributed by atoms with Crippen molar-refractivity contribution < 1.29 is 9.84 Å². The van der Waals surface area contributed by atoms with E-state index >= 15 is 0 Å². The van der Waals surface area contributed by atoms with E-state index in [-0.39, 0.29) is 0 Å². The summed E-state index contributed by atoms with van der Waals surface area (Å²) < 4.78 is 5.26. The second-order valence-electron chi connectivity index (χ2n) is 5.34. The number of aliphatic hydroxyl groups is 1. The number of rotatable bonds is 5. The Morgan fingerprint density at radius 1 is 1.35 bits per heavy atom. The summed E-state index contributed by atoms with van der Waals surface area (Å²) in [7, 11) is 1.66. The van der Waals surface area contributed by atoms with E-state index in [0.717, 1.165) is 39.7 Å². The zero-order valence-electron chi connectivity index (χ0n) is 12.4. The Labute approximate surface area is 124 Å². The van der Waals surface area contributed by atoms with E-state index in [4.69, 9.17) is 9.72 Å². The van der Waals surface area contributed by atoms with Crippen molar-refractivity contribution >= 4 is 11.3 Å². The Morgan fingerprint density at radius 3 is 2.70 bits per heavy atom. The quantitative estimate of drug-likeness (QED) is 0.905. The van der Waals surface area contributed by atoms with E-state index in [1.54, 1.807) is 18.4 Å². The summed E-state index contributed by atoms with van der Waals surface area (Å²) in [6.45, 7) is 5.75. The van der Waals surface area contributed by atoms with Crippen LogP contribution in [0.2, 0.25) is 0 Å². The maximum atomic E-state index is 10.3. The van der Waals surface area contributed by atoms with Crippen molar-refractivity contribution in [3.63, 3.8) is 0 Å². The molecule has 1 heterocycles. The smallest absolute Gasteiger partial charge is 0.124 e. The summed E-state index contributed by atoms with van der Waals surface area (Å²) in [6.07, 6.45) is 1.91. The third-order valence-corrected chi connectivity index (χ3v) is 4.52. The number of thiazole rings is 1. The minimum absolute atomic E-state index is 0.819. The average Bonchev–Trinajstić information content (AvgIpc) is 2.83. The Morgan fingerprint density at radius 2 is 2.10 bits per heavy atom. The molecule has 0 aliphatic carbocycles. The monoisotopic (exact) mass is 291 g/mol. The number of hydrogen-bond donors (Lipinski definition) is 1. The van der Waals surface area contributed by atoms with Crippen LogP contribution >= 0.6 is 11.3 Å². The number of ether oxygens (including phenoxy) is 1. The van der Waals surface area contributed by atoms with Crippen LogP contribution in [0.4, 0.5) is 0 Å². The van der Waals surface area contributed by atoms with Gasteiger partial charge in [-0.3, -0.25) is 0 Å². The molecule has 20 heavy (non-hydrogen) atoms. The molecule has 0 aliphatic heterocycles. The largest absolute Gasteiger partial charge is 0.497 e. The molecule has 2 rings (SSSR count). The molecule has 1 aromatic carbocycles. The molecule has 0 aliphatic rings. The second-order valence-corrected chi connectivity index (χ2v) is 6.33. The van der Waals surface area contributed by atoms with Gasteiger partial charge in [-0.2, -0.15) is 0 Å². The molecular formula is C16H21NO2S. The third kappa shape index (κ3) is 3.19. The lowest BCUT2D eigenvalue weighted by molar-refractivity contribution is 0.0813. The van der Waals surface area contributed by atoms with E-state index < -0.39 is 5.60 Å². The number of aromatic nitrogens is 1. The molecule has 0 atom stereocenters. The van der Waals surface area contributed by atoms with Gasteiger partial charge >= 0.3 is 0 Å². The number of benzene rings is 1. The van der Waals surface area contributed by atoms with E-state index in [1.165, 1.54) is 0 Å². The van der Waals surface area contributed by atoms with Crippen molar-refractivity contribution in [2.45, 2.75) is 39.2 Å². The molecule has 0 saturated heterocycles. The van der Waals surface area contributed by atoms with Gasteiger partial charge in [-0.15, -0.1) is 11.3 Å². The van der Waals surface area contributed by atoms with Gasteiger partial charge in [-0.05, 0) is 32.4 Å². The molecular weight excluding hydrogens is 270 g/mol.